The van der Waals surface area contributed by atoms with E-state index in [1.807, 2.05) is 25.1 Å². The van der Waals surface area contributed by atoms with E-state index in [0.717, 1.165) is 5.56 Å². The Labute approximate surface area is 139 Å². The molecular weight excluding hydrogens is 308 g/mol. The van der Waals surface area contributed by atoms with Crippen LogP contribution in [-0.4, -0.2) is 25.0 Å². The quantitative estimate of drug-likeness (QED) is 0.906. The molecule has 0 bridgehead atoms. The highest BCUT2D eigenvalue weighted by Crippen LogP contribution is 2.30. The lowest BCUT2D eigenvalue weighted by Crippen LogP contribution is -2.39. The zero-order chi connectivity index (χ0) is 17.1. The number of ether oxygens (including phenoxy) is 2. The largest absolute Gasteiger partial charge is 0.495 e. The number of rotatable bonds is 4. The van der Waals surface area contributed by atoms with E-state index in [2.05, 4.69) is 10.6 Å². The van der Waals surface area contributed by atoms with Gasteiger partial charge in [-0.15, -0.1) is 0 Å². The van der Waals surface area contributed by atoms with Crippen LogP contribution in [0, 0.1) is 6.92 Å². The Balaban J connectivity index is 1.70. The van der Waals surface area contributed by atoms with Crippen LogP contribution in [0.15, 0.2) is 42.5 Å². The number of hydrogen-bond acceptors (Lipinski definition) is 4. The van der Waals surface area contributed by atoms with Gasteiger partial charge in [-0.3, -0.25) is 9.59 Å². The first-order chi connectivity index (χ1) is 11.6. The average Bonchev–Trinajstić information content (AvgIpc) is 2.55. The summed E-state index contributed by atoms with van der Waals surface area (Å²) >= 11 is 0. The van der Waals surface area contributed by atoms with Crippen LogP contribution < -0.4 is 20.1 Å². The number of carbonyl (C=O) groups excluding carboxylic acids is 2. The van der Waals surface area contributed by atoms with Gasteiger partial charge in [-0.05, 0) is 36.8 Å². The van der Waals surface area contributed by atoms with Crippen LogP contribution >= 0.6 is 0 Å². The molecule has 1 unspecified atom stereocenters. The Morgan fingerprint density at radius 1 is 1.29 bits per heavy atom. The number of aryl methyl sites for hydroxylation is 1. The van der Waals surface area contributed by atoms with Gasteiger partial charge in [0, 0.05) is 0 Å². The molecule has 6 heteroatoms. The molecule has 2 aromatic carbocycles. The molecule has 2 aromatic rings. The van der Waals surface area contributed by atoms with E-state index >= 15 is 0 Å². The van der Waals surface area contributed by atoms with E-state index in [0.29, 0.717) is 22.9 Å². The van der Waals surface area contributed by atoms with E-state index in [4.69, 9.17) is 9.47 Å². The Morgan fingerprint density at radius 2 is 2.08 bits per heavy atom. The lowest BCUT2D eigenvalue weighted by Gasteiger charge is -2.25. The number of amides is 2. The van der Waals surface area contributed by atoms with E-state index < -0.39 is 6.10 Å². The Kier molecular flexibility index (Phi) is 4.37. The molecule has 0 fully saturated rings. The summed E-state index contributed by atoms with van der Waals surface area (Å²) in [5, 5.41) is 5.51. The molecule has 3 rings (SSSR count). The maximum Gasteiger partial charge on any atom is 0.266 e. The third-order valence-corrected chi connectivity index (χ3v) is 3.71. The molecule has 0 aromatic heterocycles. The number of para-hydroxylation sites is 2. The molecule has 0 saturated carbocycles. The minimum atomic E-state index is -0.865. The fourth-order valence-electron chi connectivity index (χ4n) is 2.52. The number of hydrogen-bond donors (Lipinski definition) is 2. The van der Waals surface area contributed by atoms with Crippen molar-refractivity contribution in [2.45, 2.75) is 19.4 Å². The molecule has 1 heterocycles. The van der Waals surface area contributed by atoms with Crippen LogP contribution in [0.3, 0.4) is 0 Å². The molecule has 0 spiro atoms. The highest BCUT2D eigenvalue weighted by atomic mass is 16.5. The van der Waals surface area contributed by atoms with Crippen molar-refractivity contribution < 1.29 is 19.1 Å². The van der Waals surface area contributed by atoms with Gasteiger partial charge < -0.3 is 20.1 Å². The normalized spacial score (nSPS) is 15.8. The average molecular weight is 326 g/mol. The zero-order valence-corrected chi connectivity index (χ0v) is 13.5. The summed E-state index contributed by atoms with van der Waals surface area (Å²) in [6, 6.07) is 12.6. The zero-order valence-electron chi connectivity index (χ0n) is 13.5. The Hall–Kier alpha value is -3.02. The summed E-state index contributed by atoms with van der Waals surface area (Å²) in [4.78, 5) is 24.4. The first-order valence-corrected chi connectivity index (χ1v) is 7.58. The predicted octanol–water partition coefficient (Wildman–Crippen LogP) is 2.73. The topological polar surface area (TPSA) is 76.7 Å². The molecule has 124 valence electrons. The van der Waals surface area contributed by atoms with Crippen molar-refractivity contribution in [2.75, 3.05) is 17.7 Å². The van der Waals surface area contributed by atoms with Crippen molar-refractivity contribution in [3.05, 3.63) is 48.0 Å². The molecule has 0 aliphatic carbocycles. The summed E-state index contributed by atoms with van der Waals surface area (Å²) in [6.45, 7) is 1.92. The standard InChI is InChI=1S/C18H18N2O4/c1-11-7-8-14(23-2)13(9-11)19-17(21)10-16-18(22)20-12-5-3-4-6-15(12)24-16/h3-9,16H,10H2,1-2H3,(H,19,21)(H,20,22). The van der Waals surface area contributed by atoms with Gasteiger partial charge in [0.2, 0.25) is 5.91 Å². The van der Waals surface area contributed by atoms with Crippen LogP contribution in [0.2, 0.25) is 0 Å². The molecule has 0 radical (unpaired) electrons. The number of nitrogens with one attached hydrogen (secondary N) is 2. The van der Waals surface area contributed by atoms with Crippen LogP contribution in [0.1, 0.15) is 12.0 Å². The lowest BCUT2D eigenvalue weighted by molar-refractivity contribution is -0.128. The maximum absolute atomic E-state index is 12.3. The summed E-state index contributed by atoms with van der Waals surface area (Å²) in [6.07, 6.45) is -0.951. The van der Waals surface area contributed by atoms with E-state index in [-0.39, 0.29) is 18.2 Å². The molecule has 24 heavy (non-hydrogen) atoms. The van der Waals surface area contributed by atoms with Gasteiger partial charge in [0.05, 0.1) is 24.9 Å². The Bertz CT molecular complexity index is 788. The Morgan fingerprint density at radius 3 is 2.88 bits per heavy atom. The summed E-state index contributed by atoms with van der Waals surface area (Å²) < 4.78 is 10.9. The van der Waals surface area contributed by atoms with E-state index in [1.54, 1.807) is 24.3 Å². The third kappa shape index (κ3) is 3.32. The van der Waals surface area contributed by atoms with Gasteiger partial charge in [0.15, 0.2) is 6.10 Å². The molecule has 0 saturated heterocycles. The fraction of sp³-hybridized carbons (Fsp3) is 0.222. The van der Waals surface area contributed by atoms with Crippen molar-refractivity contribution in [3.8, 4) is 11.5 Å². The maximum atomic E-state index is 12.3. The highest BCUT2D eigenvalue weighted by Gasteiger charge is 2.29. The van der Waals surface area contributed by atoms with Gasteiger partial charge in [-0.2, -0.15) is 0 Å². The molecular formula is C18H18N2O4. The van der Waals surface area contributed by atoms with Gasteiger partial charge in [0.25, 0.3) is 5.91 Å². The molecule has 1 atom stereocenters. The summed E-state index contributed by atoms with van der Waals surface area (Å²) in [5.74, 6) is 0.467. The minimum absolute atomic E-state index is 0.0860. The van der Waals surface area contributed by atoms with Crippen LogP contribution in [0.5, 0.6) is 11.5 Å². The second-order valence-electron chi connectivity index (χ2n) is 5.55. The summed E-state index contributed by atoms with van der Waals surface area (Å²) in [7, 11) is 1.54. The molecule has 2 N–H and O–H groups in total. The molecule has 2 amide bonds. The molecule has 1 aliphatic heterocycles. The van der Waals surface area contributed by atoms with E-state index in [1.165, 1.54) is 7.11 Å². The monoisotopic (exact) mass is 326 g/mol. The van der Waals surface area contributed by atoms with Crippen molar-refractivity contribution in [1.82, 2.24) is 0 Å². The fourth-order valence-corrected chi connectivity index (χ4v) is 2.52. The SMILES string of the molecule is COc1ccc(C)cc1NC(=O)CC1Oc2ccccc2NC1=O. The number of anilines is 2. The lowest BCUT2D eigenvalue weighted by atomic mass is 10.1. The molecule has 6 nitrogen and oxygen atoms in total. The van der Waals surface area contributed by atoms with Crippen molar-refractivity contribution >= 4 is 23.2 Å². The second-order valence-corrected chi connectivity index (χ2v) is 5.55. The first-order valence-electron chi connectivity index (χ1n) is 7.58. The van der Waals surface area contributed by atoms with Crippen LogP contribution in [-0.2, 0) is 9.59 Å². The van der Waals surface area contributed by atoms with Gasteiger partial charge in [0.1, 0.15) is 11.5 Å². The van der Waals surface area contributed by atoms with Gasteiger partial charge >= 0.3 is 0 Å². The van der Waals surface area contributed by atoms with Gasteiger partial charge in [-0.1, -0.05) is 18.2 Å². The highest BCUT2D eigenvalue weighted by molar-refractivity contribution is 6.02. The summed E-state index contributed by atoms with van der Waals surface area (Å²) in [5.41, 5.74) is 2.17. The van der Waals surface area contributed by atoms with Crippen molar-refractivity contribution in [1.29, 1.82) is 0 Å². The van der Waals surface area contributed by atoms with Crippen LogP contribution in [0.4, 0.5) is 11.4 Å². The first kappa shape index (κ1) is 15.9. The van der Waals surface area contributed by atoms with Crippen molar-refractivity contribution in [2.24, 2.45) is 0 Å². The predicted molar refractivity (Wildman–Crippen MR) is 90.5 cm³/mol. The number of benzene rings is 2. The number of carbonyl (C=O) groups is 2. The van der Waals surface area contributed by atoms with Crippen molar-refractivity contribution in [3.63, 3.8) is 0 Å². The van der Waals surface area contributed by atoms with E-state index in [9.17, 15) is 9.59 Å². The van der Waals surface area contributed by atoms with Gasteiger partial charge in [-0.25, -0.2) is 0 Å². The minimum Gasteiger partial charge on any atom is -0.495 e. The molecule has 1 aliphatic rings. The second kappa shape index (κ2) is 6.62. The smallest absolute Gasteiger partial charge is 0.266 e. The third-order valence-electron chi connectivity index (χ3n) is 3.71. The number of fused-ring (bicyclic) bond motifs is 1. The number of methoxy groups -OCH3 is 1. The van der Waals surface area contributed by atoms with Crippen LogP contribution in [0.25, 0.3) is 0 Å².